The van der Waals surface area contributed by atoms with E-state index in [4.69, 9.17) is 25.5 Å². The van der Waals surface area contributed by atoms with Crippen LogP contribution in [0.3, 0.4) is 0 Å². The number of rotatable bonds is 19. The first-order valence-corrected chi connectivity index (χ1v) is 18.5. The molecule has 11 N–H and O–H groups in total. The third-order valence-electron chi connectivity index (χ3n) is 10.8. The fourth-order valence-corrected chi connectivity index (χ4v) is 7.41. The van der Waals surface area contributed by atoms with Gasteiger partial charge >= 0.3 is 11.9 Å². The molecule has 4 rings (SSSR count). The lowest BCUT2D eigenvalue weighted by atomic mass is 9.95. The Labute approximate surface area is 319 Å². The highest BCUT2D eigenvalue weighted by atomic mass is 16.4. The first-order valence-electron chi connectivity index (χ1n) is 18.5. The van der Waals surface area contributed by atoms with E-state index in [1.165, 1.54) is 0 Å². The lowest BCUT2D eigenvalue weighted by Crippen LogP contribution is -2.46. The Bertz CT molecular complexity index is 1800. The van der Waals surface area contributed by atoms with Crippen LogP contribution in [0.15, 0.2) is 22.3 Å². The molecule has 2 aromatic heterocycles. The van der Waals surface area contributed by atoms with E-state index in [2.05, 4.69) is 20.6 Å². The number of carboxylic acids is 2. The monoisotopic (exact) mass is 772 g/mol. The van der Waals surface area contributed by atoms with Crippen LogP contribution < -0.4 is 10.6 Å². The zero-order valence-corrected chi connectivity index (χ0v) is 32.3. The van der Waals surface area contributed by atoms with Crippen molar-refractivity contribution in [3.05, 3.63) is 67.3 Å². The zero-order chi connectivity index (χ0) is 41.3. The van der Waals surface area contributed by atoms with Crippen molar-refractivity contribution in [2.24, 2.45) is 0 Å². The average molecular weight is 773 g/mol. The summed E-state index contributed by atoms with van der Waals surface area (Å²) in [6.07, 6.45) is -3.13. The fraction of sp³-hybridized carbons (Fsp3) is 0.564. The van der Waals surface area contributed by atoms with Gasteiger partial charge < -0.3 is 61.1 Å². The van der Waals surface area contributed by atoms with Gasteiger partial charge in [-0.05, 0) is 86.8 Å². The molecule has 0 radical (unpaired) electrons. The van der Waals surface area contributed by atoms with Crippen molar-refractivity contribution in [2.45, 2.75) is 136 Å². The van der Waals surface area contributed by atoms with Crippen molar-refractivity contribution >= 4 is 30.0 Å². The number of aromatic nitrogens is 2. The molecule has 2 aliphatic heterocycles. The van der Waals surface area contributed by atoms with Crippen LogP contribution in [0.25, 0.3) is 0 Å². The molecule has 304 valence electrons. The summed E-state index contributed by atoms with van der Waals surface area (Å²) < 4.78 is 0. The second-order valence-corrected chi connectivity index (χ2v) is 14.2. The van der Waals surface area contributed by atoms with Gasteiger partial charge in [-0.15, -0.1) is 0 Å². The standard InChI is InChI=1S/C33H44N4O6.C6H12O6/c1-7-20-19(6)32(42)37-27(20)14-25-18(5)23(10-12-31(40)41)29(35-25)15-28-22(9-11-30(38)39)17(4)24(34-28)13-26-16(3)21(8-2)33(43)36-26;7-1-3(9)5(11)6(12)4(10)2-8/h26-27,34-35H,7-15H2,1-6H3,(H,36,43)(H,37,42)(H,38,39)(H,40,41);1,3-6,8-12H,2H2/t;3-,4+,5+,6+/m.0/s1. The number of hydrogen-bond donors (Lipinski definition) is 11. The van der Waals surface area contributed by atoms with Gasteiger partial charge in [-0.25, -0.2) is 0 Å². The van der Waals surface area contributed by atoms with Gasteiger partial charge in [-0.1, -0.05) is 13.8 Å². The largest absolute Gasteiger partial charge is 0.481 e. The van der Waals surface area contributed by atoms with Crippen molar-refractivity contribution in [1.29, 1.82) is 0 Å². The van der Waals surface area contributed by atoms with Gasteiger partial charge in [0.15, 0.2) is 6.29 Å². The summed E-state index contributed by atoms with van der Waals surface area (Å²) in [6.45, 7) is 11.1. The smallest absolute Gasteiger partial charge is 0.303 e. The van der Waals surface area contributed by atoms with Gasteiger partial charge in [-0.3, -0.25) is 19.2 Å². The molecule has 0 saturated heterocycles. The van der Waals surface area contributed by atoms with Gasteiger partial charge in [0, 0.05) is 66.0 Å². The van der Waals surface area contributed by atoms with E-state index in [0.29, 0.717) is 38.5 Å². The minimum atomic E-state index is -1.79. The molecule has 2 unspecified atom stereocenters. The Morgan fingerprint density at radius 1 is 0.727 bits per heavy atom. The number of carbonyl (C=O) groups excluding carboxylic acids is 3. The first-order chi connectivity index (χ1) is 25.9. The fourth-order valence-electron chi connectivity index (χ4n) is 7.41. The minimum absolute atomic E-state index is 0.0157. The van der Waals surface area contributed by atoms with E-state index in [-0.39, 0.29) is 43.0 Å². The van der Waals surface area contributed by atoms with Crippen LogP contribution in [0, 0.1) is 13.8 Å². The number of aliphatic hydroxyl groups is 5. The summed E-state index contributed by atoms with van der Waals surface area (Å²) in [5, 5.41) is 68.6. The maximum Gasteiger partial charge on any atom is 0.303 e. The SMILES string of the molecule is CCC1=C(C)C(Cc2[nH]c(Cc3[nH]c(CC4NC(=O)C(C)=C4CC)c(C)c3CCC(=O)O)c(CCC(=O)O)c2C)NC1=O.O=C[C@H](O)[C@@H](O)[C@H](O)[C@H](O)CO. The highest BCUT2D eigenvalue weighted by Gasteiger charge is 2.32. The molecule has 16 nitrogen and oxygen atoms in total. The predicted octanol–water partition coefficient (Wildman–Crippen LogP) is 0.741. The number of carbonyl (C=O) groups is 5. The van der Waals surface area contributed by atoms with Crippen molar-refractivity contribution < 1.29 is 59.7 Å². The summed E-state index contributed by atoms with van der Waals surface area (Å²) in [7, 11) is 0. The van der Waals surface area contributed by atoms with E-state index in [9.17, 15) is 34.2 Å². The van der Waals surface area contributed by atoms with E-state index in [0.717, 1.165) is 73.7 Å². The van der Waals surface area contributed by atoms with E-state index in [1.807, 2.05) is 41.5 Å². The molecule has 2 amide bonds. The lowest BCUT2D eigenvalue weighted by molar-refractivity contribution is -0.138. The number of nitrogens with one attached hydrogen (secondary N) is 4. The third kappa shape index (κ3) is 10.8. The van der Waals surface area contributed by atoms with Gasteiger partial charge in [0.2, 0.25) is 11.8 Å². The molecule has 16 heteroatoms. The number of H-pyrrole nitrogens is 2. The predicted molar refractivity (Wildman–Crippen MR) is 200 cm³/mol. The minimum Gasteiger partial charge on any atom is -0.481 e. The zero-order valence-electron chi connectivity index (χ0n) is 32.3. The maximum atomic E-state index is 12.5. The topological polar surface area (TPSA) is 283 Å². The number of aliphatic carboxylic acids is 2. The molecular formula is C39H56N4O12. The van der Waals surface area contributed by atoms with Crippen LogP contribution in [0.1, 0.15) is 98.4 Å². The van der Waals surface area contributed by atoms with E-state index >= 15 is 0 Å². The van der Waals surface area contributed by atoms with Gasteiger partial charge in [0.1, 0.15) is 24.4 Å². The molecule has 0 saturated carbocycles. The van der Waals surface area contributed by atoms with Crippen LogP contribution in [0.5, 0.6) is 0 Å². The average Bonchev–Trinajstić information content (AvgIpc) is 3.79. The summed E-state index contributed by atoms with van der Waals surface area (Å²) in [5.74, 6) is -1.84. The van der Waals surface area contributed by atoms with Crippen molar-refractivity contribution in [2.75, 3.05) is 6.61 Å². The molecular weight excluding hydrogens is 716 g/mol. The van der Waals surface area contributed by atoms with E-state index in [1.54, 1.807) is 0 Å². The molecule has 6 atom stereocenters. The van der Waals surface area contributed by atoms with Crippen LogP contribution >= 0.6 is 0 Å². The highest BCUT2D eigenvalue weighted by Crippen LogP contribution is 2.31. The number of amides is 2. The normalized spacial score (nSPS) is 19.1. The third-order valence-corrected chi connectivity index (χ3v) is 10.8. The number of aliphatic hydroxyl groups excluding tert-OH is 5. The highest BCUT2D eigenvalue weighted by molar-refractivity contribution is 5.97. The molecule has 2 aliphatic rings. The second kappa shape index (κ2) is 19.8. The van der Waals surface area contributed by atoms with Crippen molar-refractivity contribution in [1.82, 2.24) is 20.6 Å². The molecule has 0 aromatic carbocycles. The maximum absolute atomic E-state index is 12.5. The summed E-state index contributed by atoms with van der Waals surface area (Å²) in [6, 6.07) is -0.247. The van der Waals surface area contributed by atoms with Crippen molar-refractivity contribution in [3.63, 3.8) is 0 Å². The molecule has 4 heterocycles. The summed E-state index contributed by atoms with van der Waals surface area (Å²) in [5.41, 5.74) is 11.2. The van der Waals surface area contributed by atoms with Crippen LogP contribution in [-0.4, -0.2) is 119 Å². The lowest BCUT2D eigenvalue weighted by Gasteiger charge is -2.22. The van der Waals surface area contributed by atoms with Crippen LogP contribution in [-0.2, 0) is 56.1 Å². The molecule has 2 aromatic rings. The summed E-state index contributed by atoms with van der Waals surface area (Å²) >= 11 is 0. The Kier molecular flexibility index (Phi) is 16.1. The molecule has 55 heavy (non-hydrogen) atoms. The summed E-state index contributed by atoms with van der Waals surface area (Å²) in [4.78, 5) is 65.0. The Balaban J connectivity index is 0.000000583. The Morgan fingerprint density at radius 2 is 1.22 bits per heavy atom. The van der Waals surface area contributed by atoms with E-state index < -0.39 is 43.0 Å². The van der Waals surface area contributed by atoms with Gasteiger partial charge in [0.05, 0.1) is 18.7 Å². The van der Waals surface area contributed by atoms with Crippen LogP contribution in [0.4, 0.5) is 0 Å². The first kappa shape index (κ1) is 44.8. The molecule has 0 aliphatic carbocycles. The molecule has 0 fully saturated rings. The van der Waals surface area contributed by atoms with Gasteiger partial charge in [0.25, 0.3) is 0 Å². The Morgan fingerprint density at radius 3 is 1.64 bits per heavy atom. The Hall–Kier alpha value is -4.61. The number of aldehydes is 1. The van der Waals surface area contributed by atoms with Crippen LogP contribution in [0.2, 0.25) is 0 Å². The number of carboxylic acid groups (broad SMARTS) is 2. The van der Waals surface area contributed by atoms with Gasteiger partial charge in [-0.2, -0.15) is 0 Å². The second-order valence-electron chi connectivity index (χ2n) is 14.2. The van der Waals surface area contributed by atoms with Crippen molar-refractivity contribution in [3.8, 4) is 0 Å². The number of hydrogen-bond acceptors (Lipinski definition) is 10. The molecule has 0 spiro atoms. The quantitative estimate of drug-likeness (QED) is 0.0883. The number of aromatic amines is 2. The molecule has 0 bridgehead atoms.